The molecule has 1 aromatic heterocycles. The van der Waals surface area contributed by atoms with Crippen molar-refractivity contribution in [3.8, 4) is 11.5 Å². The van der Waals surface area contributed by atoms with Gasteiger partial charge in [-0.2, -0.15) is 4.39 Å². The molecule has 0 fully saturated rings. The molecule has 18 heavy (non-hydrogen) atoms. The van der Waals surface area contributed by atoms with Crippen LogP contribution < -0.4 is 14.8 Å². The van der Waals surface area contributed by atoms with Crippen LogP contribution in [0.15, 0.2) is 30.6 Å². The lowest BCUT2D eigenvalue weighted by atomic mass is 10.2. The van der Waals surface area contributed by atoms with Gasteiger partial charge in [-0.15, -0.1) is 0 Å². The molecule has 0 saturated heterocycles. The first-order valence-electron chi connectivity index (χ1n) is 5.42. The number of anilines is 1. The highest BCUT2D eigenvalue weighted by molar-refractivity contribution is 5.49. The van der Waals surface area contributed by atoms with Gasteiger partial charge in [-0.25, -0.2) is 9.97 Å². The van der Waals surface area contributed by atoms with E-state index in [-0.39, 0.29) is 6.79 Å². The van der Waals surface area contributed by atoms with Crippen LogP contribution in [0.4, 0.5) is 10.2 Å². The van der Waals surface area contributed by atoms with Gasteiger partial charge in [0.2, 0.25) is 12.7 Å². The van der Waals surface area contributed by atoms with E-state index in [4.69, 9.17) is 9.47 Å². The van der Waals surface area contributed by atoms with E-state index in [0.717, 1.165) is 17.1 Å². The second kappa shape index (κ2) is 4.48. The summed E-state index contributed by atoms with van der Waals surface area (Å²) in [5, 5.41) is 3.00. The Kier molecular flexibility index (Phi) is 2.68. The summed E-state index contributed by atoms with van der Waals surface area (Å²) in [4.78, 5) is 7.30. The highest BCUT2D eigenvalue weighted by atomic mass is 19.1. The molecule has 5 nitrogen and oxygen atoms in total. The molecule has 1 N–H and O–H groups in total. The summed E-state index contributed by atoms with van der Waals surface area (Å²) in [5.74, 6) is 1.31. The minimum atomic E-state index is -0.564. The Balaban J connectivity index is 1.76. The van der Waals surface area contributed by atoms with E-state index >= 15 is 0 Å². The number of nitrogens with one attached hydrogen (secondary N) is 1. The summed E-state index contributed by atoms with van der Waals surface area (Å²) in [7, 11) is 0. The Morgan fingerprint density at radius 3 is 3.11 bits per heavy atom. The first kappa shape index (κ1) is 10.8. The molecule has 0 saturated carbocycles. The molecule has 0 radical (unpaired) electrons. The van der Waals surface area contributed by atoms with Crippen LogP contribution in [0.5, 0.6) is 11.5 Å². The lowest BCUT2D eigenvalue weighted by Gasteiger charge is -2.07. The first-order chi connectivity index (χ1) is 8.83. The van der Waals surface area contributed by atoms with Crippen molar-refractivity contribution in [2.24, 2.45) is 0 Å². The smallest absolute Gasteiger partial charge is 0.231 e. The third-order valence-electron chi connectivity index (χ3n) is 2.57. The van der Waals surface area contributed by atoms with Gasteiger partial charge in [0.25, 0.3) is 0 Å². The summed E-state index contributed by atoms with van der Waals surface area (Å²) in [6.07, 6.45) is 1.17. The minimum Gasteiger partial charge on any atom is -0.454 e. The van der Waals surface area contributed by atoms with Crippen molar-refractivity contribution in [3.05, 3.63) is 42.1 Å². The third kappa shape index (κ3) is 2.04. The zero-order valence-electron chi connectivity index (χ0n) is 9.39. The average Bonchev–Trinajstić information content (AvgIpc) is 2.85. The number of hydrogen-bond acceptors (Lipinski definition) is 5. The quantitative estimate of drug-likeness (QED) is 0.840. The van der Waals surface area contributed by atoms with Crippen molar-refractivity contribution in [2.45, 2.75) is 6.54 Å². The van der Waals surface area contributed by atoms with E-state index in [9.17, 15) is 4.39 Å². The predicted octanol–water partition coefficient (Wildman–Crippen LogP) is 1.96. The van der Waals surface area contributed by atoms with Crippen molar-refractivity contribution in [1.82, 2.24) is 9.97 Å². The van der Waals surface area contributed by atoms with Crippen LogP contribution in [0.2, 0.25) is 0 Å². The number of benzene rings is 1. The average molecular weight is 247 g/mol. The van der Waals surface area contributed by atoms with Crippen molar-refractivity contribution < 1.29 is 13.9 Å². The van der Waals surface area contributed by atoms with Gasteiger partial charge in [0.05, 0.1) is 0 Å². The number of rotatable bonds is 3. The van der Waals surface area contributed by atoms with E-state index in [2.05, 4.69) is 15.3 Å². The lowest BCUT2D eigenvalue weighted by Crippen LogP contribution is -2.03. The number of ether oxygens (including phenoxy) is 2. The molecule has 1 aliphatic heterocycles. The molecule has 1 aromatic carbocycles. The zero-order valence-corrected chi connectivity index (χ0v) is 9.39. The molecule has 0 aliphatic carbocycles. The van der Waals surface area contributed by atoms with Gasteiger partial charge in [0, 0.05) is 18.2 Å². The number of hydrogen-bond donors (Lipinski definition) is 1. The Bertz CT molecular complexity index is 577. The second-order valence-corrected chi connectivity index (χ2v) is 3.73. The van der Waals surface area contributed by atoms with Crippen LogP contribution in [0.25, 0.3) is 0 Å². The Morgan fingerprint density at radius 1 is 1.28 bits per heavy atom. The normalized spacial score (nSPS) is 12.5. The fourth-order valence-corrected chi connectivity index (χ4v) is 1.75. The molecule has 0 spiro atoms. The minimum absolute atomic E-state index is 0.231. The molecular weight excluding hydrogens is 237 g/mol. The fourth-order valence-electron chi connectivity index (χ4n) is 1.75. The van der Waals surface area contributed by atoms with Gasteiger partial charge in [-0.1, -0.05) is 12.1 Å². The number of nitrogens with zero attached hydrogens (tertiary/aromatic N) is 2. The molecule has 6 heteroatoms. The molecular formula is C12H10FN3O2. The Labute approximate surface area is 103 Å². The maximum atomic E-state index is 12.9. The largest absolute Gasteiger partial charge is 0.454 e. The standard InChI is InChI=1S/C12H10FN3O2/c13-10-4-11(16-6-15-10)14-5-8-2-1-3-9-12(8)18-7-17-9/h1-4,6H,5,7H2,(H,14,15,16). The van der Waals surface area contributed by atoms with E-state index in [0.29, 0.717) is 12.4 Å². The van der Waals surface area contributed by atoms with E-state index < -0.39 is 5.95 Å². The summed E-state index contributed by atoms with van der Waals surface area (Å²) in [6, 6.07) is 6.87. The lowest BCUT2D eigenvalue weighted by molar-refractivity contribution is 0.173. The molecule has 2 aromatic rings. The van der Waals surface area contributed by atoms with Crippen LogP contribution in [-0.2, 0) is 6.54 Å². The Morgan fingerprint density at radius 2 is 2.22 bits per heavy atom. The molecule has 0 bridgehead atoms. The van der Waals surface area contributed by atoms with Gasteiger partial charge in [0.1, 0.15) is 12.1 Å². The predicted molar refractivity (Wildman–Crippen MR) is 61.9 cm³/mol. The van der Waals surface area contributed by atoms with Crippen molar-refractivity contribution >= 4 is 5.82 Å². The maximum Gasteiger partial charge on any atom is 0.231 e. The van der Waals surface area contributed by atoms with Crippen molar-refractivity contribution in [2.75, 3.05) is 12.1 Å². The van der Waals surface area contributed by atoms with E-state index in [1.165, 1.54) is 12.4 Å². The maximum absolute atomic E-state index is 12.9. The Hall–Kier alpha value is -2.37. The number of halogens is 1. The summed E-state index contributed by atoms with van der Waals surface area (Å²) >= 11 is 0. The van der Waals surface area contributed by atoms with Gasteiger partial charge in [-0.05, 0) is 6.07 Å². The highest BCUT2D eigenvalue weighted by Gasteiger charge is 2.16. The first-order valence-corrected chi connectivity index (χ1v) is 5.42. The topological polar surface area (TPSA) is 56.3 Å². The molecule has 1 aliphatic rings. The number of aromatic nitrogens is 2. The summed E-state index contributed by atoms with van der Waals surface area (Å²) in [5.41, 5.74) is 0.934. The fraction of sp³-hybridized carbons (Fsp3) is 0.167. The molecule has 92 valence electrons. The third-order valence-corrected chi connectivity index (χ3v) is 2.57. The SMILES string of the molecule is Fc1cc(NCc2cccc3c2OCO3)ncn1. The molecule has 0 unspecified atom stereocenters. The molecule has 2 heterocycles. The van der Waals surface area contributed by atoms with Crippen LogP contribution in [0.3, 0.4) is 0 Å². The number of fused-ring (bicyclic) bond motifs is 1. The van der Waals surface area contributed by atoms with Crippen molar-refractivity contribution in [1.29, 1.82) is 0 Å². The monoisotopic (exact) mass is 247 g/mol. The molecule has 0 atom stereocenters. The van der Waals surface area contributed by atoms with Crippen LogP contribution in [0, 0.1) is 5.95 Å². The van der Waals surface area contributed by atoms with E-state index in [1.807, 2.05) is 18.2 Å². The van der Waals surface area contributed by atoms with Gasteiger partial charge in [-0.3, -0.25) is 0 Å². The summed E-state index contributed by atoms with van der Waals surface area (Å²) < 4.78 is 23.5. The van der Waals surface area contributed by atoms with Crippen LogP contribution >= 0.6 is 0 Å². The van der Waals surface area contributed by atoms with Crippen LogP contribution in [0.1, 0.15) is 5.56 Å². The van der Waals surface area contributed by atoms with E-state index in [1.54, 1.807) is 0 Å². The van der Waals surface area contributed by atoms with Crippen LogP contribution in [-0.4, -0.2) is 16.8 Å². The highest BCUT2D eigenvalue weighted by Crippen LogP contribution is 2.35. The molecule has 3 rings (SSSR count). The van der Waals surface area contributed by atoms with Gasteiger partial charge in [0.15, 0.2) is 11.5 Å². The second-order valence-electron chi connectivity index (χ2n) is 3.73. The van der Waals surface area contributed by atoms with Crippen molar-refractivity contribution in [3.63, 3.8) is 0 Å². The van der Waals surface area contributed by atoms with Gasteiger partial charge < -0.3 is 14.8 Å². The summed E-state index contributed by atoms with van der Waals surface area (Å²) in [6.45, 7) is 0.706. The molecule has 0 amide bonds. The van der Waals surface area contributed by atoms with Gasteiger partial charge >= 0.3 is 0 Å². The zero-order chi connectivity index (χ0) is 12.4. The number of para-hydroxylation sites is 1.